The third-order valence-corrected chi connectivity index (χ3v) is 10.0. The first-order valence-electron chi connectivity index (χ1n) is 19.7. The highest BCUT2D eigenvalue weighted by Gasteiger charge is 2.46. The van der Waals surface area contributed by atoms with Crippen LogP contribution in [0.5, 0.6) is 0 Å². The van der Waals surface area contributed by atoms with Crippen molar-refractivity contribution < 1.29 is 39.0 Å². The number of amides is 5. The van der Waals surface area contributed by atoms with Gasteiger partial charge in [0.05, 0.1) is 12.0 Å². The molecule has 0 aliphatic carbocycles. The molecule has 0 unspecified atom stereocenters. The summed E-state index contributed by atoms with van der Waals surface area (Å²) in [5, 5.41) is 32.4. The zero-order valence-corrected chi connectivity index (χ0v) is 34.3. The molecule has 4 atom stereocenters. The zero-order chi connectivity index (χ0) is 41.1. The Kier molecular flexibility index (Phi) is 16.1. The van der Waals surface area contributed by atoms with Crippen molar-refractivity contribution in [3.8, 4) is 0 Å². The topological polar surface area (TPSA) is 190 Å². The van der Waals surface area contributed by atoms with E-state index in [4.69, 9.17) is 9.84 Å². The first-order chi connectivity index (χ1) is 25.6. The molecule has 0 aromatic heterocycles. The summed E-state index contributed by atoms with van der Waals surface area (Å²) in [6.07, 6.45) is 5.38. The minimum absolute atomic E-state index is 0.0973. The van der Waals surface area contributed by atoms with Crippen LogP contribution in [0, 0.1) is 11.8 Å². The summed E-state index contributed by atoms with van der Waals surface area (Å²) in [4.78, 5) is 67.7. The molecular formula is C41H66N6O8. The lowest BCUT2D eigenvalue weighted by Gasteiger charge is -2.51. The van der Waals surface area contributed by atoms with Crippen LogP contribution >= 0.6 is 0 Å². The molecule has 3 rings (SSSR count). The summed E-state index contributed by atoms with van der Waals surface area (Å²) >= 11 is 0. The van der Waals surface area contributed by atoms with Crippen molar-refractivity contribution in [2.24, 2.45) is 11.8 Å². The number of alkyl carbamates (subject to hydrolysis) is 1. The van der Waals surface area contributed by atoms with Gasteiger partial charge in [-0.1, -0.05) is 56.3 Å². The Morgan fingerprint density at radius 1 is 0.982 bits per heavy atom. The second kappa shape index (κ2) is 19.6. The highest BCUT2D eigenvalue weighted by Crippen LogP contribution is 2.36. The number of likely N-dealkylation sites (tertiary alicyclic amines) is 1. The van der Waals surface area contributed by atoms with E-state index in [2.05, 4.69) is 21.3 Å². The molecule has 0 radical (unpaired) electrons. The minimum Gasteiger partial charge on any atom is -0.465 e. The maximum atomic E-state index is 14.4. The number of piperidine rings is 1. The van der Waals surface area contributed by atoms with E-state index in [9.17, 15) is 29.2 Å². The molecule has 1 aromatic rings. The maximum Gasteiger partial charge on any atom is 0.408 e. The van der Waals surface area contributed by atoms with E-state index >= 15 is 0 Å². The Labute approximate surface area is 327 Å². The molecule has 2 heterocycles. The molecule has 1 aromatic carbocycles. The first-order valence-corrected chi connectivity index (χ1v) is 19.7. The third-order valence-electron chi connectivity index (χ3n) is 10.0. The Bertz CT molecular complexity index is 1470. The van der Waals surface area contributed by atoms with Gasteiger partial charge in [-0.3, -0.25) is 14.4 Å². The van der Waals surface area contributed by atoms with Crippen molar-refractivity contribution >= 4 is 29.9 Å². The number of nitrogens with one attached hydrogen (secondary N) is 4. The van der Waals surface area contributed by atoms with E-state index in [1.54, 1.807) is 25.7 Å². The molecule has 0 bridgehead atoms. The van der Waals surface area contributed by atoms with Crippen LogP contribution in [0.2, 0.25) is 0 Å². The molecule has 0 saturated carbocycles. The maximum absolute atomic E-state index is 14.4. The summed E-state index contributed by atoms with van der Waals surface area (Å²) in [6, 6.07) is 7.15. The highest BCUT2D eigenvalue weighted by molar-refractivity contribution is 5.93. The third kappa shape index (κ3) is 14.4. The molecular weight excluding hydrogens is 704 g/mol. The lowest BCUT2D eigenvalue weighted by molar-refractivity contribution is -0.246. The van der Waals surface area contributed by atoms with E-state index in [1.807, 2.05) is 84.0 Å². The Morgan fingerprint density at radius 3 is 2.20 bits per heavy atom. The van der Waals surface area contributed by atoms with E-state index in [0.29, 0.717) is 51.5 Å². The quantitative estimate of drug-likeness (QED) is 0.0946. The van der Waals surface area contributed by atoms with E-state index in [0.717, 1.165) is 5.56 Å². The summed E-state index contributed by atoms with van der Waals surface area (Å²) in [5.41, 5.74) is -0.954. The molecule has 2 saturated heterocycles. The van der Waals surface area contributed by atoms with E-state index in [-0.39, 0.29) is 30.8 Å². The van der Waals surface area contributed by atoms with Crippen LogP contribution in [0.4, 0.5) is 9.59 Å². The van der Waals surface area contributed by atoms with Gasteiger partial charge in [0.15, 0.2) is 0 Å². The van der Waals surface area contributed by atoms with Crippen LogP contribution in [0.25, 0.3) is 0 Å². The van der Waals surface area contributed by atoms with Crippen LogP contribution in [0.15, 0.2) is 42.5 Å². The summed E-state index contributed by atoms with van der Waals surface area (Å²) in [6.45, 7) is 17.6. The molecule has 308 valence electrons. The second-order valence-corrected chi connectivity index (χ2v) is 17.7. The SMILES string of the molecule is CC(C)C[C@@H](/C=C/[C@H](Cc1ccccc1)C(=O)N1CCC[C@H]1C(=O)N[C@@H](CCCNC(=O)O)C(=O)NC1CC(C)(C)N(O)C(C)(C)C1)NC(=O)OC(C)(C)C. The first kappa shape index (κ1) is 45.2. The van der Waals surface area contributed by atoms with E-state index < -0.39 is 64.7 Å². The van der Waals surface area contributed by atoms with Gasteiger partial charge in [-0.05, 0) is 111 Å². The molecule has 14 heteroatoms. The largest absolute Gasteiger partial charge is 0.465 e. The van der Waals surface area contributed by atoms with Gasteiger partial charge >= 0.3 is 12.2 Å². The monoisotopic (exact) mass is 770 g/mol. The second-order valence-electron chi connectivity index (χ2n) is 17.7. The number of nitrogens with zero attached hydrogens (tertiary/aromatic N) is 2. The van der Waals surface area contributed by atoms with Gasteiger partial charge in [0, 0.05) is 30.2 Å². The van der Waals surface area contributed by atoms with Crippen molar-refractivity contribution in [1.29, 1.82) is 0 Å². The lowest BCUT2D eigenvalue weighted by atomic mass is 9.79. The summed E-state index contributed by atoms with van der Waals surface area (Å²) in [7, 11) is 0. The number of hydroxylamine groups is 2. The zero-order valence-electron chi connectivity index (χ0n) is 34.3. The highest BCUT2D eigenvalue weighted by atomic mass is 16.6. The molecule has 55 heavy (non-hydrogen) atoms. The van der Waals surface area contributed by atoms with Crippen molar-refractivity contribution in [3.63, 3.8) is 0 Å². The smallest absolute Gasteiger partial charge is 0.408 e. The minimum atomic E-state index is -1.18. The number of hydrogen-bond acceptors (Lipinski definition) is 8. The van der Waals surface area contributed by atoms with E-state index in [1.165, 1.54) is 5.06 Å². The van der Waals surface area contributed by atoms with Crippen LogP contribution in [-0.4, -0.2) is 104 Å². The number of carbonyl (C=O) groups excluding carboxylic acids is 4. The van der Waals surface area contributed by atoms with Gasteiger partial charge in [-0.25, -0.2) is 9.59 Å². The Morgan fingerprint density at radius 2 is 1.62 bits per heavy atom. The van der Waals surface area contributed by atoms with Gasteiger partial charge in [0.2, 0.25) is 17.7 Å². The van der Waals surface area contributed by atoms with Crippen LogP contribution < -0.4 is 21.3 Å². The van der Waals surface area contributed by atoms with Crippen molar-refractivity contribution in [2.45, 2.75) is 155 Å². The number of rotatable bonds is 16. The molecule has 2 aliphatic heterocycles. The van der Waals surface area contributed by atoms with Gasteiger partial charge in [0.25, 0.3) is 0 Å². The predicted molar refractivity (Wildman–Crippen MR) is 210 cm³/mol. The van der Waals surface area contributed by atoms with Crippen LogP contribution in [0.3, 0.4) is 0 Å². The summed E-state index contributed by atoms with van der Waals surface area (Å²) in [5.74, 6) is -1.48. The van der Waals surface area contributed by atoms with Gasteiger partial charge < -0.3 is 41.2 Å². The van der Waals surface area contributed by atoms with Gasteiger partial charge in [-0.15, -0.1) is 0 Å². The predicted octanol–water partition coefficient (Wildman–Crippen LogP) is 5.39. The van der Waals surface area contributed by atoms with Crippen LogP contribution in [-0.2, 0) is 25.5 Å². The molecule has 0 spiro atoms. The van der Waals surface area contributed by atoms with Crippen molar-refractivity contribution in [3.05, 3.63) is 48.0 Å². The Balaban J connectivity index is 1.83. The molecule has 2 aliphatic rings. The fourth-order valence-corrected chi connectivity index (χ4v) is 7.75. The number of carbonyl (C=O) groups is 5. The number of benzene rings is 1. The average molecular weight is 771 g/mol. The molecule has 5 amide bonds. The number of carboxylic acid groups (broad SMARTS) is 1. The van der Waals surface area contributed by atoms with Crippen molar-refractivity contribution in [1.82, 2.24) is 31.2 Å². The standard InChI is InChI=1S/C41H66N6O8/c1-27(2)23-30(44-38(53)55-39(3,4)5)20-19-29(24-28-15-11-10-12-16-28)36(50)46-22-14-18-33(46)35(49)45-32(17-13-21-42-37(51)52)34(48)43-31-25-40(6,7)47(54)41(8,9)26-31/h10-12,15-16,19-20,27,29-33,42,54H,13-14,17-18,21-26H2,1-9H3,(H,43,48)(H,44,53)(H,45,49)(H,51,52)/b20-19+/t29-,30-,32+,33+/m1/s1. The Hall–Kier alpha value is -4.17. The van der Waals surface area contributed by atoms with Gasteiger partial charge in [0.1, 0.15) is 17.7 Å². The van der Waals surface area contributed by atoms with Crippen molar-refractivity contribution in [2.75, 3.05) is 13.1 Å². The fourth-order valence-electron chi connectivity index (χ4n) is 7.75. The number of hydrogen-bond donors (Lipinski definition) is 6. The van der Waals surface area contributed by atoms with Crippen LogP contribution in [0.1, 0.15) is 113 Å². The molecule has 6 N–H and O–H groups in total. The average Bonchev–Trinajstić information content (AvgIpc) is 3.56. The lowest BCUT2D eigenvalue weighted by Crippen LogP contribution is -2.64. The molecule has 2 fully saturated rings. The fraction of sp³-hybridized carbons (Fsp3) is 0.683. The van der Waals surface area contributed by atoms with Gasteiger partial charge in [-0.2, -0.15) is 5.06 Å². The summed E-state index contributed by atoms with van der Waals surface area (Å²) < 4.78 is 5.50. The normalized spacial score (nSPS) is 20.4. The number of ether oxygens (including phenoxy) is 1. The molecule has 14 nitrogen and oxygen atoms in total.